The number of allylic oxidation sites excluding steroid dienone is 4. The lowest BCUT2D eigenvalue weighted by Crippen LogP contribution is -2.35. The van der Waals surface area contributed by atoms with Gasteiger partial charge in [0, 0.05) is 68.6 Å². The van der Waals surface area contributed by atoms with Crippen LogP contribution >= 0.6 is 0 Å². The largest absolute Gasteiger partial charge is 0.383 e. The van der Waals surface area contributed by atoms with E-state index in [1.54, 1.807) is 30.6 Å². The molecule has 84 heavy (non-hydrogen) atoms. The molecule has 8 rings (SSSR count). The smallest absolute Gasteiger partial charge is 0.139 e. The number of aryl methyl sites for hydroxylation is 1. The summed E-state index contributed by atoms with van der Waals surface area (Å²) in [5.41, 5.74) is 6.86. The van der Waals surface area contributed by atoms with Gasteiger partial charge in [-0.2, -0.15) is 10.2 Å². The number of carbonyl (C=O) groups excluding carboxylic acids is 3. The first-order chi connectivity index (χ1) is 40.0. The highest BCUT2D eigenvalue weighted by molar-refractivity contribution is 5.82. The Labute approximate surface area is 517 Å². The summed E-state index contributed by atoms with van der Waals surface area (Å²) in [6.07, 6.45) is 41.4. The number of rotatable bonds is 18. The molecule has 10 heteroatoms. The molecule has 1 saturated carbocycles. The fraction of sp³-hybridized carbons (Fsp3) is 0.743. The number of ketones is 3. The zero-order chi connectivity index (χ0) is 62.7. The summed E-state index contributed by atoms with van der Waals surface area (Å²) < 4.78 is 6.87. The van der Waals surface area contributed by atoms with Crippen LogP contribution in [-0.4, -0.2) is 99.1 Å². The number of hydrogen-bond donors (Lipinski definition) is 1. The second kappa shape index (κ2) is 48.1. The Morgan fingerprint density at radius 1 is 0.560 bits per heavy atom. The van der Waals surface area contributed by atoms with Crippen LogP contribution in [-0.2, 0) is 38.5 Å². The van der Waals surface area contributed by atoms with Crippen LogP contribution in [0, 0.1) is 35.5 Å². The molecule has 5 aliphatic rings. The molecule has 1 N–H and O–H groups in total. The van der Waals surface area contributed by atoms with E-state index in [0.717, 1.165) is 55.5 Å². The summed E-state index contributed by atoms with van der Waals surface area (Å²) in [6.45, 7) is 41.2. The first-order valence-electron chi connectivity index (χ1n) is 34.0. The Balaban J connectivity index is 0.000000482. The number of benzene rings is 1. The van der Waals surface area contributed by atoms with Gasteiger partial charge in [0.2, 0.25) is 0 Å². The average Bonchev–Trinajstić information content (AvgIpc) is 4.23. The number of methoxy groups -OCH3 is 1. The Bertz CT molecular complexity index is 2060. The third-order valence-corrected chi connectivity index (χ3v) is 16.8. The number of carbonyl (C=O) groups is 3. The molecule has 0 atom stereocenters. The first-order valence-corrected chi connectivity index (χ1v) is 34.0. The van der Waals surface area contributed by atoms with Gasteiger partial charge in [-0.05, 0) is 178 Å². The minimum atomic E-state index is 0.116. The molecule has 0 spiro atoms. The monoisotopic (exact) mass is 1170 g/mol. The van der Waals surface area contributed by atoms with Crippen LogP contribution in [0.3, 0.4) is 0 Å². The third kappa shape index (κ3) is 38.9. The summed E-state index contributed by atoms with van der Waals surface area (Å²) >= 11 is 0. The number of Topliss-reactive ketones (excluding diaryl/α,β-unsaturated/α-hetero) is 3. The highest BCUT2D eigenvalue weighted by Crippen LogP contribution is 2.28. The van der Waals surface area contributed by atoms with Crippen molar-refractivity contribution in [1.82, 2.24) is 29.8 Å². The zero-order valence-corrected chi connectivity index (χ0v) is 57.4. The van der Waals surface area contributed by atoms with Gasteiger partial charge in [0.1, 0.15) is 17.3 Å². The van der Waals surface area contributed by atoms with Gasteiger partial charge in [-0.15, -0.1) is 0 Å². The number of aromatic amines is 1. The Hall–Kier alpha value is -3.99. The molecule has 2 aliphatic heterocycles. The average molecular weight is 1170 g/mol. The highest BCUT2D eigenvalue weighted by atomic mass is 16.5. The molecule has 3 aliphatic carbocycles. The topological polar surface area (TPSA) is 113 Å². The Kier molecular flexibility index (Phi) is 44.7. The molecule has 0 amide bonds. The number of likely N-dealkylation sites (tertiary alicyclic amines) is 2. The lowest BCUT2D eigenvalue weighted by molar-refractivity contribution is -0.123. The lowest BCUT2D eigenvalue weighted by atomic mass is 9.84. The summed E-state index contributed by atoms with van der Waals surface area (Å²) in [7, 11) is 1.70. The van der Waals surface area contributed by atoms with Crippen molar-refractivity contribution in [2.45, 2.75) is 283 Å². The van der Waals surface area contributed by atoms with Gasteiger partial charge in [-0.25, -0.2) is 0 Å². The maximum Gasteiger partial charge on any atom is 0.139 e. The molecule has 2 saturated heterocycles. The van der Waals surface area contributed by atoms with E-state index in [2.05, 4.69) is 125 Å². The van der Waals surface area contributed by atoms with Crippen LogP contribution in [0.1, 0.15) is 268 Å². The normalized spacial score (nSPS) is 16.6. The van der Waals surface area contributed by atoms with Crippen molar-refractivity contribution in [2.75, 3.05) is 39.9 Å². The van der Waals surface area contributed by atoms with Gasteiger partial charge in [0.25, 0.3) is 0 Å². The summed E-state index contributed by atoms with van der Waals surface area (Å²) in [5.74, 6) is 4.46. The molecule has 4 heterocycles. The molecule has 2 aromatic heterocycles. The van der Waals surface area contributed by atoms with Gasteiger partial charge in [0.05, 0.1) is 25.5 Å². The fourth-order valence-electron chi connectivity index (χ4n) is 10.5. The van der Waals surface area contributed by atoms with Crippen LogP contribution in [0.2, 0.25) is 0 Å². The maximum atomic E-state index is 11.4. The summed E-state index contributed by atoms with van der Waals surface area (Å²) in [4.78, 5) is 39.0. The Morgan fingerprint density at radius 2 is 1.05 bits per heavy atom. The highest BCUT2D eigenvalue weighted by Gasteiger charge is 2.19. The number of H-pyrrole nitrogens is 1. The zero-order valence-electron chi connectivity index (χ0n) is 57.4. The first kappa shape index (κ1) is 78.0. The van der Waals surface area contributed by atoms with Crippen LogP contribution < -0.4 is 0 Å². The van der Waals surface area contributed by atoms with E-state index in [0.29, 0.717) is 36.2 Å². The minimum Gasteiger partial charge on any atom is -0.383 e. The van der Waals surface area contributed by atoms with Gasteiger partial charge in [-0.3, -0.25) is 24.2 Å². The number of ether oxygens (including phenoxy) is 1. The van der Waals surface area contributed by atoms with Crippen LogP contribution in [0.25, 0.3) is 0 Å². The number of piperidine rings is 2. The van der Waals surface area contributed by atoms with E-state index in [9.17, 15) is 14.4 Å². The Morgan fingerprint density at radius 3 is 1.40 bits per heavy atom. The second-order valence-electron chi connectivity index (χ2n) is 26.8. The van der Waals surface area contributed by atoms with Crippen molar-refractivity contribution >= 4 is 17.3 Å². The number of hydrogen-bond acceptors (Lipinski definition) is 8. The summed E-state index contributed by atoms with van der Waals surface area (Å²) in [6, 6.07) is 11.7. The van der Waals surface area contributed by atoms with Crippen LogP contribution in [0.4, 0.5) is 0 Å². The van der Waals surface area contributed by atoms with Gasteiger partial charge < -0.3 is 14.5 Å². The number of nitrogens with one attached hydrogen (secondary N) is 1. The molecule has 0 bridgehead atoms. The van der Waals surface area contributed by atoms with Crippen LogP contribution in [0.15, 0.2) is 78.4 Å². The second-order valence-corrected chi connectivity index (χ2v) is 26.8. The van der Waals surface area contributed by atoms with E-state index >= 15 is 0 Å². The SMILES string of the molecule is CC(C)C(=O)CC1CCCCC1.CC(C)C(=O)CCc1ccccc1.CC(C)C(=O)Cc1cn[nH]c1.CC(C)C1=CCCCC1.CC(C)C1=CCCCC1.CC(C)N1CCCCC1.CC(C)N1CCCCC1.COCCn1cc(C(C)C)cn1. The standard InChI is InChI=1S/C12H16O.C11H20O.C9H16N2O.2C9H16.C8H12N2O.2C8H17N/c1-10(2)12(13)9-8-11-6-4-3-5-7-11;1-9(2)11(12)8-10-6-4-3-5-7-10;1-8(2)9-6-10-11(7-9)4-5-12-3;2*1-8(2)9-6-4-3-5-7-9;1-6(2)8(11)3-7-4-9-10-5-7;2*1-8(2)9-6-4-3-5-7-9/h3-7,10H,8-9H2,1-2H3;9-10H,3-8H2,1-2H3;6-8H,4-5H2,1-3H3;2*6,8H,3-5,7H2,1-2H3;4-6H,3H2,1-2H3,(H,9,10);2*8H,3-7H2,1-2H3. The fourth-order valence-corrected chi connectivity index (χ4v) is 10.5. The third-order valence-electron chi connectivity index (χ3n) is 16.8. The summed E-state index contributed by atoms with van der Waals surface area (Å²) in [5, 5.41) is 10.6. The van der Waals surface area contributed by atoms with Crippen molar-refractivity contribution in [1.29, 1.82) is 0 Å². The minimum absolute atomic E-state index is 0.116. The molecule has 3 aromatic rings. The predicted molar refractivity (Wildman–Crippen MR) is 360 cm³/mol. The molecule has 0 radical (unpaired) electrons. The van der Waals surface area contributed by atoms with E-state index in [4.69, 9.17) is 4.74 Å². The molecular formula is C74H130N6O4. The quantitative estimate of drug-likeness (QED) is 0.125. The molecule has 480 valence electrons. The predicted octanol–water partition coefficient (Wildman–Crippen LogP) is 18.9. The molecule has 3 fully saturated rings. The van der Waals surface area contributed by atoms with E-state index in [-0.39, 0.29) is 23.5 Å². The van der Waals surface area contributed by atoms with Gasteiger partial charge >= 0.3 is 0 Å². The lowest BCUT2D eigenvalue weighted by Gasteiger charge is -2.29. The van der Waals surface area contributed by atoms with E-state index < -0.39 is 0 Å². The number of aromatic nitrogens is 4. The molecule has 0 unspecified atom stereocenters. The van der Waals surface area contributed by atoms with Gasteiger partial charge in [0.15, 0.2) is 0 Å². The maximum absolute atomic E-state index is 11.4. The van der Waals surface area contributed by atoms with Crippen molar-refractivity contribution < 1.29 is 19.1 Å². The van der Waals surface area contributed by atoms with E-state index in [1.165, 1.54) is 159 Å². The molecule has 1 aromatic carbocycles. The molecule has 10 nitrogen and oxygen atoms in total. The van der Waals surface area contributed by atoms with E-state index in [1.807, 2.05) is 70.6 Å². The van der Waals surface area contributed by atoms with Crippen molar-refractivity contribution in [3.8, 4) is 0 Å². The number of nitrogens with zero attached hydrogens (tertiary/aromatic N) is 5. The van der Waals surface area contributed by atoms with Crippen molar-refractivity contribution in [3.05, 3.63) is 95.1 Å². The van der Waals surface area contributed by atoms with Crippen LogP contribution in [0.5, 0.6) is 0 Å². The van der Waals surface area contributed by atoms with Gasteiger partial charge in [-0.1, -0.05) is 182 Å². The molecular weight excluding hydrogens is 1040 g/mol. The van der Waals surface area contributed by atoms with Crippen molar-refractivity contribution in [2.24, 2.45) is 35.5 Å². The van der Waals surface area contributed by atoms with Crippen molar-refractivity contribution in [3.63, 3.8) is 0 Å².